The van der Waals surface area contributed by atoms with E-state index >= 15 is 0 Å². The molecule has 4 heteroatoms. The van der Waals surface area contributed by atoms with Crippen LogP contribution in [0.4, 0.5) is 0 Å². The Kier molecular flexibility index (Phi) is 5.50. The fourth-order valence-electron chi connectivity index (χ4n) is 0.976. The molecule has 1 radical (unpaired) electrons. The quantitative estimate of drug-likeness (QED) is 0.605. The fourth-order valence-corrected chi connectivity index (χ4v) is 1.53. The maximum absolute atomic E-state index is 10.2. The molecule has 0 aromatic heterocycles. The highest BCUT2D eigenvalue weighted by Gasteiger charge is 2.06. The predicted octanol–water partition coefficient (Wildman–Crippen LogP) is 1.96. The molecular formula is C8H17O3S. The first kappa shape index (κ1) is 11.9. The van der Waals surface area contributed by atoms with Crippen molar-refractivity contribution in [2.24, 2.45) is 5.92 Å². The van der Waals surface area contributed by atoms with Crippen LogP contribution in [-0.4, -0.2) is 14.2 Å². The van der Waals surface area contributed by atoms with Crippen molar-refractivity contribution in [3.63, 3.8) is 0 Å². The Morgan fingerprint density at radius 1 is 1.25 bits per heavy atom. The number of unbranched alkanes of at least 4 members (excludes halogenated alkanes) is 1. The fraction of sp³-hybridized carbons (Fsp3) is 1.00. The van der Waals surface area contributed by atoms with E-state index in [0.717, 1.165) is 19.3 Å². The second-order valence-electron chi connectivity index (χ2n) is 3.27. The molecule has 0 aliphatic rings. The Labute approximate surface area is 74.9 Å². The van der Waals surface area contributed by atoms with Crippen LogP contribution in [0.2, 0.25) is 0 Å². The molecule has 0 aliphatic heterocycles. The minimum absolute atomic E-state index is 0.205. The normalized spacial score (nSPS) is 14.6. The molecule has 0 rings (SSSR count). The van der Waals surface area contributed by atoms with Gasteiger partial charge < -0.3 is 0 Å². The van der Waals surface area contributed by atoms with E-state index in [0.29, 0.717) is 12.3 Å². The molecular weight excluding hydrogens is 176 g/mol. The number of rotatable bonds is 6. The van der Waals surface area contributed by atoms with E-state index in [9.17, 15) is 13.0 Å². The molecule has 0 N–H and O–H groups in total. The van der Waals surface area contributed by atoms with Crippen molar-refractivity contribution >= 4 is 10.1 Å². The van der Waals surface area contributed by atoms with Crippen molar-refractivity contribution < 1.29 is 13.0 Å². The van der Waals surface area contributed by atoms with Crippen LogP contribution >= 0.6 is 0 Å². The minimum atomic E-state index is -3.98. The Hall–Kier alpha value is -0.0900. The maximum atomic E-state index is 10.2. The summed E-state index contributed by atoms with van der Waals surface area (Å²) >= 11 is 0. The van der Waals surface area contributed by atoms with Crippen LogP contribution < -0.4 is 0 Å². The van der Waals surface area contributed by atoms with Crippen LogP contribution in [0.25, 0.3) is 0 Å². The smallest absolute Gasteiger partial charge is 0.197 e. The molecule has 0 bridgehead atoms. The summed E-state index contributed by atoms with van der Waals surface area (Å²) in [5.41, 5.74) is 0. The van der Waals surface area contributed by atoms with Crippen LogP contribution in [0.5, 0.6) is 0 Å². The molecule has 3 nitrogen and oxygen atoms in total. The molecule has 0 heterocycles. The van der Waals surface area contributed by atoms with Gasteiger partial charge in [-0.05, 0) is 12.3 Å². The van der Waals surface area contributed by atoms with E-state index in [2.05, 4.69) is 13.8 Å². The van der Waals surface area contributed by atoms with Crippen molar-refractivity contribution in [3.05, 3.63) is 0 Å². The van der Waals surface area contributed by atoms with Gasteiger partial charge >= 0.3 is 0 Å². The van der Waals surface area contributed by atoms with Gasteiger partial charge in [0.05, 0.1) is 5.75 Å². The van der Waals surface area contributed by atoms with Crippen LogP contribution in [0, 0.1) is 5.92 Å². The monoisotopic (exact) mass is 193 g/mol. The van der Waals surface area contributed by atoms with Gasteiger partial charge in [-0.1, -0.05) is 37.7 Å². The summed E-state index contributed by atoms with van der Waals surface area (Å²) in [5, 5.41) is 0. The van der Waals surface area contributed by atoms with E-state index in [1.54, 1.807) is 0 Å². The highest BCUT2D eigenvalue weighted by molar-refractivity contribution is 7.85. The summed E-state index contributed by atoms with van der Waals surface area (Å²) in [5.74, 6) is 0.433. The van der Waals surface area contributed by atoms with E-state index < -0.39 is 10.1 Å². The van der Waals surface area contributed by atoms with Gasteiger partial charge in [-0.15, -0.1) is 0 Å². The summed E-state index contributed by atoms with van der Waals surface area (Å²) < 4.78 is 30.6. The Morgan fingerprint density at radius 3 is 2.25 bits per heavy atom. The van der Waals surface area contributed by atoms with E-state index in [1.165, 1.54) is 0 Å². The van der Waals surface area contributed by atoms with Crippen LogP contribution in [0.1, 0.15) is 39.5 Å². The van der Waals surface area contributed by atoms with Gasteiger partial charge in [0.15, 0.2) is 0 Å². The first-order valence-corrected chi connectivity index (χ1v) is 5.97. The molecule has 0 fully saturated rings. The number of hydrogen-bond acceptors (Lipinski definition) is 2. The lowest BCUT2D eigenvalue weighted by molar-refractivity contribution is 0.410. The third-order valence-electron chi connectivity index (χ3n) is 2.04. The lowest BCUT2D eigenvalue weighted by Gasteiger charge is -2.05. The molecule has 0 aromatic rings. The van der Waals surface area contributed by atoms with Gasteiger partial charge in [0.1, 0.15) is 0 Å². The van der Waals surface area contributed by atoms with Gasteiger partial charge in [-0.3, -0.25) is 0 Å². The molecule has 0 aromatic carbocycles. The van der Waals surface area contributed by atoms with Gasteiger partial charge in [0.2, 0.25) is 0 Å². The predicted molar refractivity (Wildman–Crippen MR) is 47.8 cm³/mol. The van der Waals surface area contributed by atoms with Crippen LogP contribution in [-0.2, 0) is 14.7 Å². The lowest BCUT2D eigenvalue weighted by atomic mass is 10.0. The molecule has 0 aliphatic carbocycles. The highest BCUT2D eigenvalue weighted by Crippen LogP contribution is 2.11. The standard InChI is InChI=1S/C8H17O3S/c1-3-8(2)6-4-5-7-12(9,10)11/h8H,3-7H2,1-2H3. The first-order valence-electron chi connectivity index (χ1n) is 4.39. The molecule has 0 saturated carbocycles. The van der Waals surface area contributed by atoms with Crippen molar-refractivity contribution in [3.8, 4) is 0 Å². The molecule has 12 heavy (non-hydrogen) atoms. The second-order valence-corrected chi connectivity index (χ2v) is 4.79. The Balaban J connectivity index is 3.34. The van der Waals surface area contributed by atoms with E-state index in [-0.39, 0.29) is 5.75 Å². The van der Waals surface area contributed by atoms with E-state index in [4.69, 9.17) is 0 Å². The van der Waals surface area contributed by atoms with Crippen molar-refractivity contribution in [1.82, 2.24) is 0 Å². The summed E-state index contributed by atoms with van der Waals surface area (Å²) in [7, 11) is -3.98. The zero-order valence-corrected chi connectivity index (χ0v) is 8.56. The summed E-state index contributed by atoms with van der Waals surface area (Å²) in [6.45, 7) is 4.24. The van der Waals surface area contributed by atoms with E-state index in [1.807, 2.05) is 0 Å². The molecule has 73 valence electrons. The largest absolute Gasteiger partial charge is 0.294 e. The van der Waals surface area contributed by atoms with Crippen molar-refractivity contribution in [1.29, 1.82) is 0 Å². The second kappa shape index (κ2) is 5.54. The lowest BCUT2D eigenvalue weighted by Crippen LogP contribution is -2.02. The van der Waals surface area contributed by atoms with Gasteiger partial charge in [0.25, 0.3) is 10.1 Å². The van der Waals surface area contributed by atoms with Crippen molar-refractivity contribution in [2.75, 3.05) is 5.75 Å². The Bertz CT molecular complexity index is 196. The van der Waals surface area contributed by atoms with Crippen LogP contribution in [0.3, 0.4) is 0 Å². The molecule has 0 amide bonds. The van der Waals surface area contributed by atoms with Crippen LogP contribution in [0.15, 0.2) is 0 Å². The van der Waals surface area contributed by atoms with Gasteiger partial charge in [-0.2, -0.15) is 8.42 Å². The zero-order chi connectivity index (χ0) is 9.61. The van der Waals surface area contributed by atoms with Gasteiger partial charge in [-0.25, -0.2) is 0 Å². The number of hydrogen-bond donors (Lipinski definition) is 0. The maximum Gasteiger partial charge on any atom is 0.294 e. The summed E-state index contributed by atoms with van der Waals surface area (Å²) in [6.07, 6.45) is 3.49. The summed E-state index contributed by atoms with van der Waals surface area (Å²) in [6, 6.07) is 0. The third kappa shape index (κ3) is 8.01. The SMILES string of the molecule is CCC(C)CCCCS([O])(=O)=O. The highest BCUT2D eigenvalue weighted by atomic mass is 32.2. The van der Waals surface area contributed by atoms with Crippen molar-refractivity contribution in [2.45, 2.75) is 39.5 Å². The minimum Gasteiger partial charge on any atom is -0.197 e. The third-order valence-corrected chi connectivity index (χ3v) is 2.83. The zero-order valence-electron chi connectivity index (χ0n) is 7.75. The topological polar surface area (TPSA) is 54.0 Å². The molecule has 1 atom stereocenters. The molecule has 0 saturated heterocycles. The first-order chi connectivity index (χ1) is 5.45. The molecule has 0 spiro atoms. The average Bonchev–Trinajstić information content (AvgIpc) is 1.96. The average molecular weight is 193 g/mol. The van der Waals surface area contributed by atoms with Gasteiger partial charge in [0, 0.05) is 0 Å². The Morgan fingerprint density at radius 2 is 1.83 bits per heavy atom. The summed E-state index contributed by atoms with van der Waals surface area (Å²) in [4.78, 5) is 0. The molecule has 1 unspecified atom stereocenters.